The highest BCUT2D eigenvalue weighted by atomic mass is 16.5. The molecule has 0 N–H and O–H groups in total. The molecule has 2 rings (SSSR count). The maximum Gasteiger partial charge on any atom is 0.338 e. The summed E-state index contributed by atoms with van der Waals surface area (Å²) in [5.74, 6) is -0.749. The Kier molecular flexibility index (Phi) is 5.52. The Hall–Kier alpha value is -2.62. The topological polar surface area (TPSA) is 52.6 Å². The van der Waals surface area contributed by atoms with E-state index in [1.54, 1.807) is 26.0 Å². The molecule has 23 heavy (non-hydrogen) atoms. The molecule has 0 amide bonds. The first-order chi connectivity index (χ1) is 11.0. The monoisotopic (exact) mass is 312 g/mol. The Balaban J connectivity index is 2.49. The number of ether oxygens (including phenoxy) is 2. The summed E-state index contributed by atoms with van der Waals surface area (Å²) in [4.78, 5) is 23.2. The van der Waals surface area contributed by atoms with Crippen molar-refractivity contribution in [3.63, 3.8) is 0 Å². The van der Waals surface area contributed by atoms with Gasteiger partial charge in [-0.3, -0.25) is 4.79 Å². The zero-order chi connectivity index (χ0) is 16.8. The molecule has 1 unspecified atom stereocenters. The minimum absolute atomic E-state index is 0.314. The van der Waals surface area contributed by atoms with Crippen LogP contribution >= 0.6 is 0 Å². The van der Waals surface area contributed by atoms with Crippen LogP contribution in [0.15, 0.2) is 48.5 Å². The number of rotatable bonds is 5. The highest BCUT2D eigenvalue weighted by Crippen LogP contribution is 2.31. The summed E-state index contributed by atoms with van der Waals surface area (Å²) in [7, 11) is 0. The molecule has 0 fully saturated rings. The molecule has 0 saturated carbocycles. The fourth-order valence-corrected chi connectivity index (χ4v) is 2.43. The second-order valence-corrected chi connectivity index (χ2v) is 5.14. The first-order valence-electron chi connectivity index (χ1n) is 7.56. The average Bonchev–Trinajstić information content (AvgIpc) is 2.54. The van der Waals surface area contributed by atoms with Crippen LogP contribution in [0.2, 0.25) is 0 Å². The van der Waals surface area contributed by atoms with Gasteiger partial charge in [-0.25, -0.2) is 4.79 Å². The van der Waals surface area contributed by atoms with E-state index in [1.165, 1.54) is 6.92 Å². The van der Waals surface area contributed by atoms with E-state index in [1.807, 2.05) is 36.4 Å². The third-order valence-corrected chi connectivity index (χ3v) is 3.43. The molecule has 1 atom stereocenters. The number of hydrogen-bond acceptors (Lipinski definition) is 4. The fraction of sp³-hybridized carbons (Fsp3) is 0.263. The summed E-state index contributed by atoms with van der Waals surface area (Å²) in [6.45, 7) is 5.23. The van der Waals surface area contributed by atoms with Gasteiger partial charge in [-0.15, -0.1) is 0 Å². The standard InChI is InChI=1S/C19H20O4/c1-4-22-19(21)16-10-11-17(15-8-6-5-7-9-15)18(12-16)13(2)23-14(3)20/h5-13H,4H2,1-3H3. The third-order valence-electron chi connectivity index (χ3n) is 3.43. The zero-order valence-corrected chi connectivity index (χ0v) is 13.5. The van der Waals surface area contributed by atoms with Crippen molar-refractivity contribution in [3.8, 4) is 11.1 Å². The van der Waals surface area contributed by atoms with E-state index < -0.39 is 6.10 Å². The third kappa shape index (κ3) is 4.19. The maximum atomic E-state index is 12.0. The van der Waals surface area contributed by atoms with Gasteiger partial charge in [0.2, 0.25) is 0 Å². The van der Waals surface area contributed by atoms with Crippen LogP contribution in [0, 0.1) is 0 Å². The molecule has 0 saturated heterocycles. The first-order valence-corrected chi connectivity index (χ1v) is 7.56. The molecule has 0 bridgehead atoms. The lowest BCUT2D eigenvalue weighted by atomic mass is 9.94. The van der Waals surface area contributed by atoms with E-state index in [9.17, 15) is 9.59 Å². The van der Waals surface area contributed by atoms with Crippen molar-refractivity contribution in [2.24, 2.45) is 0 Å². The van der Waals surface area contributed by atoms with Gasteiger partial charge < -0.3 is 9.47 Å². The molecule has 2 aromatic rings. The Morgan fingerprint density at radius 1 is 1.09 bits per heavy atom. The predicted octanol–water partition coefficient (Wildman–Crippen LogP) is 4.15. The van der Waals surface area contributed by atoms with E-state index in [0.717, 1.165) is 16.7 Å². The molecular formula is C19H20O4. The lowest BCUT2D eigenvalue weighted by Gasteiger charge is -2.18. The quantitative estimate of drug-likeness (QED) is 0.778. The minimum atomic E-state index is -0.461. The van der Waals surface area contributed by atoms with Crippen molar-refractivity contribution in [2.45, 2.75) is 26.9 Å². The SMILES string of the molecule is CCOC(=O)c1ccc(-c2ccccc2)c(C(C)OC(C)=O)c1. The van der Waals surface area contributed by atoms with Crippen molar-refractivity contribution >= 4 is 11.9 Å². The van der Waals surface area contributed by atoms with Crippen molar-refractivity contribution < 1.29 is 19.1 Å². The van der Waals surface area contributed by atoms with Gasteiger partial charge in [0.1, 0.15) is 6.10 Å². The first kappa shape index (κ1) is 16.7. The number of benzene rings is 2. The zero-order valence-electron chi connectivity index (χ0n) is 13.5. The van der Waals surface area contributed by atoms with E-state index in [4.69, 9.17) is 9.47 Å². The number of carbonyl (C=O) groups is 2. The molecule has 120 valence electrons. The van der Waals surface area contributed by atoms with Crippen LogP contribution < -0.4 is 0 Å². The van der Waals surface area contributed by atoms with Crippen LogP contribution in [-0.2, 0) is 14.3 Å². The van der Waals surface area contributed by atoms with Gasteiger partial charge in [-0.05, 0) is 37.1 Å². The molecule has 0 radical (unpaired) electrons. The van der Waals surface area contributed by atoms with Crippen LogP contribution in [0.1, 0.15) is 42.8 Å². The Bertz CT molecular complexity index is 692. The van der Waals surface area contributed by atoms with Gasteiger partial charge in [0, 0.05) is 12.5 Å². The van der Waals surface area contributed by atoms with Gasteiger partial charge in [-0.2, -0.15) is 0 Å². The molecule has 0 aromatic heterocycles. The Morgan fingerprint density at radius 2 is 1.78 bits per heavy atom. The second kappa shape index (κ2) is 7.58. The van der Waals surface area contributed by atoms with Gasteiger partial charge in [0.05, 0.1) is 12.2 Å². The van der Waals surface area contributed by atoms with Gasteiger partial charge >= 0.3 is 11.9 Å². The molecule has 0 spiro atoms. The molecule has 2 aromatic carbocycles. The van der Waals surface area contributed by atoms with Crippen LogP contribution in [-0.4, -0.2) is 18.5 Å². The smallest absolute Gasteiger partial charge is 0.338 e. The van der Waals surface area contributed by atoms with Crippen molar-refractivity contribution in [1.29, 1.82) is 0 Å². The van der Waals surface area contributed by atoms with Crippen molar-refractivity contribution in [3.05, 3.63) is 59.7 Å². The lowest BCUT2D eigenvalue weighted by molar-refractivity contribution is -0.145. The van der Waals surface area contributed by atoms with Gasteiger partial charge in [0.15, 0.2) is 0 Å². The Morgan fingerprint density at radius 3 is 2.39 bits per heavy atom. The second-order valence-electron chi connectivity index (χ2n) is 5.14. The molecule has 4 heteroatoms. The van der Waals surface area contributed by atoms with E-state index in [0.29, 0.717) is 12.2 Å². The number of esters is 2. The molecular weight excluding hydrogens is 292 g/mol. The summed E-state index contributed by atoms with van der Waals surface area (Å²) in [6, 6.07) is 15.1. The number of carbonyl (C=O) groups excluding carboxylic acids is 2. The minimum Gasteiger partial charge on any atom is -0.462 e. The van der Waals surface area contributed by atoms with Crippen LogP contribution in [0.4, 0.5) is 0 Å². The average molecular weight is 312 g/mol. The molecule has 0 heterocycles. The van der Waals surface area contributed by atoms with Gasteiger partial charge in [0.25, 0.3) is 0 Å². The summed E-state index contributed by atoms with van der Waals surface area (Å²) < 4.78 is 10.3. The van der Waals surface area contributed by atoms with E-state index >= 15 is 0 Å². The highest BCUT2D eigenvalue weighted by Gasteiger charge is 2.18. The fourth-order valence-electron chi connectivity index (χ4n) is 2.43. The molecule has 4 nitrogen and oxygen atoms in total. The normalized spacial score (nSPS) is 11.6. The lowest BCUT2D eigenvalue weighted by Crippen LogP contribution is -2.09. The largest absolute Gasteiger partial charge is 0.462 e. The van der Waals surface area contributed by atoms with Crippen molar-refractivity contribution in [1.82, 2.24) is 0 Å². The Labute approximate surface area is 136 Å². The summed E-state index contributed by atoms with van der Waals surface area (Å²) in [5.41, 5.74) is 3.14. The molecule has 0 aliphatic carbocycles. The van der Waals surface area contributed by atoms with Crippen molar-refractivity contribution in [2.75, 3.05) is 6.61 Å². The van der Waals surface area contributed by atoms with E-state index in [2.05, 4.69) is 0 Å². The maximum absolute atomic E-state index is 12.0. The van der Waals surface area contributed by atoms with Crippen LogP contribution in [0.25, 0.3) is 11.1 Å². The van der Waals surface area contributed by atoms with Gasteiger partial charge in [-0.1, -0.05) is 36.4 Å². The van der Waals surface area contributed by atoms with Crippen LogP contribution in [0.5, 0.6) is 0 Å². The summed E-state index contributed by atoms with van der Waals surface area (Å²) in [5, 5.41) is 0. The summed E-state index contributed by atoms with van der Waals surface area (Å²) in [6.07, 6.45) is -0.461. The predicted molar refractivity (Wildman–Crippen MR) is 88.0 cm³/mol. The molecule has 0 aliphatic rings. The highest BCUT2D eigenvalue weighted by molar-refractivity contribution is 5.90. The summed E-state index contributed by atoms with van der Waals surface area (Å²) >= 11 is 0. The number of hydrogen-bond donors (Lipinski definition) is 0. The van der Waals surface area contributed by atoms with E-state index in [-0.39, 0.29) is 11.9 Å². The van der Waals surface area contributed by atoms with Crippen LogP contribution in [0.3, 0.4) is 0 Å². The molecule has 0 aliphatic heterocycles.